The van der Waals surface area contributed by atoms with Crippen molar-refractivity contribution >= 4 is 16.9 Å². The number of amides is 1. The van der Waals surface area contributed by atoms with E-state index in [1.165, 1.54) is 32.1 Å². The molecule has 1 aromatic carbocycles. The zero-order chi connectivity index (χ0) is 16.2. The number of hydrogen-bond acceptors (Lipinski definition) is 3. The Balaban J connectivity index is 1.78. The van der Waals surface area contributed by atoms with Gasteiger partial charge in [0.15, 0.2) is 5.76 Å². The SMILES string of the molecule is COc1ccc2oc(C(=O)NC3CCCCCCC3)c(C)c2c1. The number of ether oxygens (including phenoxy) is 1. The Morgan fingerprint density at radius 1 is 1.17 bits per heavy atom. The molecule has 1 N–H and O–H groups in total. The van der Waals surface area contributed by atoms with Crippen LogP contribution >= 0.6 is 0 Å². The molecular formula is C19H25NO3. The summed E-state index contributed by atoms with van der Waals surface area (Å²) in [6, 6.07) is 5.89. The van der Waals surface area contributed by atoms with E-state index in [4.69, 9.17) is 9.15 Å². The van der Waals surface area contributed by atoms with Crippen molar-refractivity contribution in [2.24, 2.45) is 0 Å². The third-order valence-corrected chi connectivity index (χ3v) is 4.79. The fourth-order valence-electron chi connectivity index (χ4n) is 3.40. The molecule has 4 nitrogen and oxygen atoms in total. The van der Waals surface area contributed by atoms with E-state index in [-0.39, 0.29) is 11.9 Å². The fraction of sp³-hybridized carbons (Fsp3) is 0.526. The van der Waals surface area contributed by atoms with E-state index in [0.29, 0.717) is 5.76 Å². The van der Waals surface area contributed by atoms with Crippen molar-refractivity contribution in [3.05, 3.63) is 29.5 Å². The van der Waals surface area contributed by atoms with E-state index in [0.717, 1.165) is 35.1 Å². The molecule has 1 amide bonds. The van der Waals surface area contributed by atoms with Gasteiger partial charge in [0.1, 0.15) is 11.3 Å². The number of methoxy groups -OCH3 is 1. The van der Waals surface area contributed by atoms with Gasteiger partial charge < -0.3 is 14.5 Å². The highest BCUT2D eigenvalue weighted by atomic mass is 16.5. The highest BCUT2D eigenvalue weighted by Gasteiger charge is 2.21. The second-order valence-corrected chi connectivity index (χ2v) is 6.43. The predicted octanol–water partition coefficient (Wildman–Crippen LogP) is 4.59. The maximum Gasteiger partial charge on any atom is 0.287 e. The van der Waals surface area contributed by atoms with Crippen LogP contribution in [0.25, 0.3) is 11.0 Å². The molecule has 2 aromatic rings. The maximum absolute atomic E-state index is 12.6. The van der Waals surface area contributed by atoms with Crippen molar-refractivity contribution in [2.45, 2.75) is 57.9 Å². The van der Waals surface area contributed by atoms with E-state index in [9.17, 15) is 4.79 Å². The first-order chi connectivity index (χ1) is 11.2. The van der Waals surface area contributed by atoms with Gasteiger partial charge in [-0.15, -0.1) is 0 Å². The van der Waals surface area contributed by atoms with Crippen LogP contribution in [0.5, 0.6) is 5.75 Å². The summed E-state index contributed by atoms with van der Waals surface area (Å²) in [5.41, 5.74) is 1.60. The minimum Gasteiger partial charge on any atom is -0.497 e. The highest BCUT2D eigenvalue weighted by molar-refractivity contribution is 5.99. The second kappa shape index (κ2) is 7.07. The minimum absolute atomic E-state index is 0.0942. The Morgan fingerprint density at radius 2 is 1.87 bits per heavy atom. The maximum atomic E-state index is 12.6. The van der Waals surface area contributed by atoms with E-state index in [1.807, 2.05) is 25.1 Å². The first kappa shape index (κ1) is 15.9. The van der Waals surface area contributed by atoms with Crippen molar-refractivity contribution in [3.8, 4) is 5.75 Å². The summed E-state index contributed by atoms with van der Waals surface area (Å²) >= 11 is 0. The molecule has 1 fully saturated rings. The van der Waals surface area contributed by atoms with Gasteiger partial charge in [-0.3, -0.25) is 4.79 Å². The molecule has 0 aliphatic heterocycles. The first-order valence-corrected chi connectivity index (χ1v) is 8.57. The van der Waals surface area contributed by atoms with Crippen LogP contribution in [-0.4, -0.2) is 19.1 Å². The second-order valence-electron chi connectivity index (χ2n) is 6.43. The van der Waals surface area contributed by atoms with Gasteiger partial charge in [-0.05, 0) is 38.0 Å². The Kier molecular flexibility index (Phi) is 4.89. The lowest BCUT2D eigenvalue weighted by atomic mass is 9.96. The number of hydrogen-bond donors (Lipinski definition) is 1. The van der Waals surface area contributed by atoms with Gasteiger partial charge >= 0.3 is 0 Å². The summed E-state index contributed by atoms with van der Waals surface area (Å²) in [4.78, 5) is 12.6. The molecule has 4 heteroatoms. The van der Waals surface area contributed by atoms with Crippen LogP contribution in [0.1, 0.15) is 61.1 Å². The average Bonchev–Trinajstić information content (AvgIpc) is 2.86. The number of fused-ring (bicyclic) bond motifs is 1. The Bertz CT molecular complexity index is 681. The monoisotopic (exact) mass is 315 g/mol. The van der Waals surface area contributed by atoms with Gasteiger partial charge in [-0.25, -0.2) is 0 Å². The first-order valence-electron chi connectivity index (χ1n) is 8.57. The summed E-state index contributed by atoms with van der Waals surface area (Å²) in [6.07, 6.45) is 8.40. The molecule has 1 aromatic heterocycles. The van der Waals surface area contributed by atoms with Crippen molar-refractivity contribution in [3.63, 3.8) is 0 Å². The molecule has 124 valence electrons. The molecule has 1 aliphatic rings. The summed E-state index contributed by atoms with van der Waals surface area (Å²) in [5, 5.41) is 4.11. The molecule has 0 saturated heterocycles. The number of carbonyl (C=O) groups is 1. The Morgan fingerprint density at radius 3 is 2.57 bits per heavy atom. The highest BCUT2D eigenvalue weighted by Crippen LogP contribution is 2.29. The molecule has 0 spiro atoms. The molecular weight excluding hydrogens is 290 g/mol. The van der Waals surface area contributed by atoms with Crippen LogP contribution in [-0.2, 0) is 0 Å². The largest absolute Gasteiger partial charge is 0.497 e. The predicted molar refractivity (Wildman–Crippen MR) is 91.1 cm³/mol. The van der Waals surface area contributed by atoms with Crippen molar-refractivity contribution in [2.75, 3.05) is 7.11 Å². The fourth-order valence-corrected chi connectivity index (χ4v) is 3.40. The smallest absolute Gasteiger partial charge is 0.287 e. The van der Waals surface area contributed by atoms with Gasteiger partial charge in [0, 0.05) is 17.0 Å². The van der Waals surface area contributed by atoms with E-state index >= 15 is 0 Å². The van der Waals surface area contributed by atoms with E-state index in [1.54, 1.807) is 7.11 Å². The molecule has 1 aliphatic carbocycles. The van der Waals surface area contributed by atoms with Crippen molar-refractivity contribution in [1.29, 1.82) is 0 Å². The Hall–Kier alpha value is -1.97. The summed E-state index contributed by atoms with van der Waals surface area (Å²) in [6.45, 7) is 1.93. The third kappa shape index (κ3) is 3.52. The lowest BCUT2D eigenvalue weighted by Crippen LogP contribution is -2.35. The van der Waals surface area contributed by atoms with Crippen LogP contribution in [0.15, 0.2) is 22.6 Å². The molecule has 0 unspecified atom stereocenters. The van der Waals surface area contributed by atoms with Crippen molar-refractivity contribution < 1.29 is 13.9 Å². The van der Waals surface area contributed by atoms with Gasteiger partial charge in [0.25, 0.3) is 5.91 Å². The van der Waals surface area contributed by atoms with E-state index in [2.05, 4.69) is 5.32 Å². The number of furan rings is 1. The van der Waals surface area contributed by atoms with Crippen LogP contribution in [0.2, 0.25) is 0 Å². The van der Waals surface area contributed by atoms with Crippen LogP contribution in [0.3, 0.4) is 0 Å². The molecule has 1 heterocycles. The number of benzene rings is 1. The molecule has 23 heavy (non-hydrogen) atoms. The molecule has 1 saturated carbocycles. The van der Waals surface area contributed by atoms with E-state index < -0.39 is 0 Å². The van der Waals surface area contributed by atoms with Crippen LogP contribution < -0.4 is 10.1 Å². The summed E-state index contributed by atoms with van der Waals surface area (Å²) < 4.78 is 11.0. The van der Waals surface area contributed by atoms with Crippen LogP contribution in [0, 0.1) is 6.92 Å². The zero-order valence-corrected chi connectivity index (χ0v) is 14.0. The Labute approximate surface area is 137 Å². The quantitative estimate of drug-likeness (QED) is 0.901. The average molecular weight is 315 g/mol. The lowest BCUT2D eigenvalue weighted by molar-refractivity contribution is 0.0903. The number of carbonyl (C=O) groups excluding carboxylic acids is 1. The zero-order valence-electron chi connectivity index (χ0n) is 14.0. The normalized spacial score (nSPS) is 16.8. The molecule has 0 radical (unpaired) electrons. The lowest BCUT2D eigenvalue weighted by Gasteiger charge is -2.20. The number of nitrogens with one attached hydrogen (secondary N) is 1. The summed E-state index contributed by atoms with van der Waals surface area (Å²) in [5.74, 6) is 1.10. The third-order valence-electron chi connectivity index (χ3n) is 4.79. The number of rotatable bonds is 3. The van der Waals surface area contributed by atoms with Gasteiger partial charge in [0.05, 0.1) is 7.11 Å². The van der Waals surface area contributed by atoms with Crippen LogP contribution in [0.4, 0.5) is 0 Å². The van der Waals surface area contributed by atoms with Crippen molar-refractivity contribution in [1.82, 2.24) is 5.32 Å². The van der Waals surface area contributed by atoms with Gasteiger partial charge in [-0.2, -0.15) is 0 Å². The van der Waals surface area contributed by atoms with Gasteiger partial charge in [0.2, 0.25) is 0 Å². The summed E-state index contributed by atoms with van der Waals surface area (Å²) in [7, 11) is 1.64. The number of aryl methyl sites for hydroxylation is 1. The standard InChI is InChI=1S/C19H25NO3/c1-13-16-12-15(22-2)10-11-17(16)23-18(13)19(21)20-14-8-6-4-3-5-7-9-14/h10-12,14H,3-9H2,1-2H3,(H,20,21). The molecule has 0 atom stereocenters. The van der Waals surface area contributed by atoms with Gasteiger partial charge in [-0.1, -0.05) is 32.1 Å². The molecule has 3 rings (SSSR count). The minimum atomic E-state index is -0.0942. The topological polar surface area (TPSA) is 51.5 Å². The molecule has 0 bridgehead atoms.